The van der Waals surface area contributed by atoms with Crippen LogP contribution in [-0.2, 0) is 11.0 Å². The summed E-state index contributed by atoms with van der Waals surface area (Å²) in [5, 5.41) is 9.31. The number of nitrogens with zero attached hydrogens (tertiary/aromatic N) is 5. The number of amides is 1. The summed E-state index contributed by atoms with van der Waals surface area (Å²) in [5.41, 5.74) is 0.278. The molecular formula is C20H25F3N8O. The topological polar surface area (TPSA) is 108 Å². The van der Waals surface area contributed by atoms with E-state index in [0.717, 1.165) is 25.2 Å². The van der Waals surface area contributed by atoms with Gasteiger partial charge in [-0.2, -0.15) is 18.2 Å². The van der Waals surface area contributed by atoms with Gasteiger partial charge in [0.1, 0.15) is 17.5 Å². The molecule has 3 heterocycles. The standard InChI is InChI=1S/C20H25F3N8O/c1-9(2)16-18(32)29-15-10(3)26-19(30-17(15)31(16)4)28-12-5-11(6-12)27-14-8-24-13(7-25-14)20(21,22)23/h7-9,11-12,16H,5-6H2,1-4H3,(H,25,27)(H,29,32)(H,26,28,30)/t11-,12+,16-/m0/s1. The number of carbonyl (C=O) groups is 1. The second kappa shape index (κ2) is 8.06. The van der Waals surface area contributed by atoms with Crippen LogP contribution in [0.4, 0.5) is 36.4 Å². The van der Waals surface area contributed by atoms with Gasteiger partial charge in [0.25, 0.3) is 0 Å². The zero-order valence-electron chi connectivity index (χ0n) is 18.2. The lowest BCUT2D eigenvalue weighted by atomic mass is 9.87. The fraction of sp³-hybridized carbons (Fsp3) is 0.550. The average Bonchev–Trinajstić information content (AvgIpc) is 2.67. The van der Waals surface area contributed by atoms with Gasteiger partial charge in [-0.15, -0.1) is 0 Å². The van der Waals surface area contributed by atoms with Crippen LogP contribution in [0.5, 0.6) is 0 Å². The average molecular weight is 450 g/mol. The number of likely N-dealkylation sites (N-methyl/N-ethyl adjacent to an activating group) is 1. The Hall–Kier alpha value is -3.18. The summed E-state index contributed by atoms with van der Waals surface area (Å²) < 4.78 is 37.8. The van der Waals surface area contributed by atoms with Crippen LogP contribution in [0.15, 0.2) is 12.4 Å². The fourth-order valence-corrected chi connectivity index (χ4v) is 4.07. The minimum Gasteiger partial charge on any atom is -0.366 e. The molecule has 0 unspecified atom stereocenters. The molecule has 2 aromatic heterocycles. The molecular weight excluding hydrogens is 425 g/mol. The Morgan fingerprint density at radius 1 is 1.12 bits per heavy atom. The number of fused-ring (bicyclic) bond motifs is 1. The Morgan fingerprint density at radius 2 is 1.81 bits per heavy atom. The Labute approximate surface area is 183 Å². The highest BCUT2D eigenvalue weighted by molar-refractivity contribution is 6.03. The molecule has 3 N–H and O–H groups in total. The van der Waals surface area contributed by atoms with E-state index in [9.17, 15) is 18.0 Å². The Bertz CT molecular complexity index is 1010. The van der Waals surface area contributed by atoms with E-state index in [2.05, 4.69) is 35.9 Å². The molecule has 1 saturated carbocycles. The highest BCUT2D eigenvalue weighted by atomic mass is 19.4. The van der Waals surface area contributed by atoms with E-state index in [4.69, 9.17) is 0 Å². The third-order valence-electron chi connectivity index (χ3n) is 5.74. The first-order chi connectivity index (χ1) is 15.0. The molecule has 9 nitrogen and oxygen atoms in total. The lowest BCUT2D eigenvalue weighted by Gasteiger charge is -2.38. The summed E-state index contributed by atoms with van der Waals surface area (Å²) in [6, 6.07) is -0.145. The zero-order chi connectivity index (χ0) is 23.2. The van der Waals surface area contributed by atoms with Crippen LogP contribution in [0.3, 0.4) is 0 Å². The predicted octanol–water partition coefficient (Wildman–Crippen LogP) is 3.06. The second-order valence-corrected chi connectivity index (χ2v) is 8.56. The summed E-state index contributed by atoms with van der Waals surface area (Å²) >= 11 is 0. The van der Waals surface area contributed by atoms with Crippen molar-refractivity contribution in [2.75, 3.05) is 27.9 Å². The van der Waals surface area contributed by atoms with Crippen molar-refractivity contribution in [1.82, 2.24) is 19.9 Å². The number of hydrogen-bond donors (Lipinski definition) is 3. The van der Waals surface area contributed by atoms with Gasteiger partial charge in [-0.25, -0.2) is 15.0 Å². The molecule has 1 aliphatic heterocycles. The van der Waals surface area contributed by atoms with Crippen LogP contribution in [0.2, 0.25) is 0 Å². The summed E-state index contributed by atoms with van der Waals surface area (Å²) in [4.78, 5) is 30.6. The van der Waals surface area contributed by atoms with Gasteiger partial charge < -0.3 is 20.9 Å². The first-order valence-corrected chi connectivity index (χ1v) is 10.4. The number of alkyl halides is 3. The van der Waals surface area contributed by atoms with E-state index < -0.39 is 11.9 Å². The maximum atomic E-state index is 12.6. The van der Waals surface area contributed by atoms with Crippen molar-refractivity contribution in [2.24, 2.45) is 5.92 Å². The monoisotopic (exact) mass is 450 g/mol. The van der Waals surface area contributed by atoms with E-state index in [1.807, 2.05) is 32.7 Å². The molecule has 0 saturated heterocycles. The van der Waals surface area contributed by atoms with Gasteiger partial charge >= 0.3 is 6.18 Å². The predicted molar refractivity (Wildman–Crippen MR) is 114 cm³/mol. The number of anilines is 4. The van der Waals surface area contributed by atoms with E-state index in [1.54, 1.807) is 0 Å². The van der Waals surface area contributed by atoms with E-state index in [1.165, 1.54) is 0 Å². The van der Waals surface area contributed by atoms with Crippen molar-refractivity contribution < 1.29 is 18.0 Å². The second-order valence-electron chi connectivity index (χ2n) is 8.56. The van der Waals surface area contributed by atoms with Gasteiger partial charge in [0.05, 0.1) is 18.1 Å². The van der Waals surface area contributed by atoms with Crippen molar-refractivity contribution in [3.05, 3.63) is 23.8 Å². The number of halogens is 3. The van der Waals surface area contributed by atoms with Crippen LogP contribution in [0.25, 0.3) is 0 Å². The summed E-state index contributed by atoms with van der Waals surface area (Å²) in [6.45, 7) is 5.80. The van der Waals surface area contributed by atoms with Crippen LogP contribution >= 0.6 is 0 Å². The van der Waals surface area contributed by atoms with Crippen molar-refractivity contribution in [1.29, 1.82) is 0 Å². The van der Waals surface area contributed by atoms with Crippen molar-refractivity contribution >= 4 is 29.2 Å². The smallest absolute Gasteiger partial charge is 0.366 e. The maximum Gasteiger partial charge on any atom is 0.434 e. The number of nitrogens with one attached hydrogen (secondary N) is 3. The quantitative estimate of drug-likeness (QED) is 0.638. The molecule has 0 radical (unpaired) electrons. The van der Waals surface area contributed by atoms with Gasteiger partial charge in [0.15, 0.2) is 11.5 Å². The third-order valence-corrected chi connectivity index (χ3v) is 5.74. The van der Waals surface area contributed by atoms with Crippen LogP contribution < -0.4 is 20.9 Å². The molecule has 1 fully saturated rings. The van der Waals surface area contributed by atoms with Gasteiger partial charge in [0, 0.05) is 19.1 Å². The summed E-state index contributed by atoms with van der Waals surface area (Å²) in [5.74, 6) is 1.50. The van der Waals surface area contributed by atoms with Crippen molar-refractivity contribution in [2.45, 2.75) is 57.9 Å². The summed E-state index contributed by atoms with van der Waals surface area (Å²) in [6.07, 6.45) is -1.24. The molecule has 0 spiro atoms. The number of aryl methyl sites for hydroxylation is 1. The van der Waals surface area contributed by atoms with E-state index >= 15 is 0 Å². The lowest BCUT2D eigenvalue weighted by Crippen LogP contribution is -2.50. The third kappa shape index (κ3) is 4.26. The molecule has 0 aromatic carbocycles. The number of carbonyl (C=O) groups excluding carboxylic acids is 1. The highest BCUT2D eigenvalue weighted by Crippen LogP contribution is 2.35. The van der Waals surface area contributed by atoms with E-state index in [-0.39, 0.29) is 30.0 Å². The largest absolute Gasteiger partial charge is 0.434 e. The van der Waals surface area contributed by atoms with Crippen LogP contribution in [0.1, 0.15) is 38.1 Å². The molecule has 4 rings (SSSR count). The number of hydrogen-bond acceptors (Lipinski definition) is 8. The molecule has 2 aromatic rings. The molecule has 1 amide bonds. The molecule has 172 valence electrons. The zero-order valence-corrected chi connectivity index (χ0v) is 18.2. The van der Waals surface area contributed by atoms with Crippen LogP contribution in [0, 0.1) is 12.8 Å². The highest BCUT2D eigenvalue weighted by Gasteiger charge is 2.36. The Morgan fingerprint density at radius 3 is 2.41 bits per heavy atom. The first kappa shape index (κ1) is 22.0. The van der Waals surface area contributed by atoms with E-state index in [0.29, 0.717) is 29.0 Å². The van der Waals surface area contributed by atoms with Crippen molar-refractivity contribution in [3.8, 4) is 0 Å². The minimum atomic E-state index is -4.50. The SMILES string of the molecule is Cc1nc(N[C@H]2C[C@@H](Nc3cnc(C(F)(F)F)cn3)C2)nc2c1NC(=O)[C@H](C(C)C)N2C. The van der Waals surface area contributed by atoms with Crippen molar-refractivity contribution in [3.63, 3.8) is 0 Å². The maximum absolute atomic E-state index is 12.6. The molecule has 1 aliphatic carbocycles. The lowest BCUT2D eigenvalue weighted by molar-refractivity contribution is -0.141. The first-order valence-electron chi connectivity index (χ1n) is 10.4. The van der Waals surface area contributed by atoms with Gasteiger partial charge in [0.2, 0.25) is 11.9 Å². The van der Waals surface area contributed by atoms with Gasteiger partial charge in [-0.05, 0) is 25.7 Å². The number of aromatic nitrogens is 4. The number of rotatable bonds is 5. The molecule has 2 aliphatic rings. The molecule has 12 heteroatoms. The minimum absolute atomic E-state index is 0.0598. The Kier molecular flexibility index (Phi) is 5.55. The molecule has 32 heavy (non-hydrogen) atoms. The van der Waals surface area contributed by atoms with Gasteiger partial charge in [-0.3, -0.25) is 4.79 Å². The van der Waals surface area contributed by atoms with Crippen LogP contribution in [-0.4, -0.2) is 51.0 Å². The normalized spacial score (nSPS) is 22.8. The fourth-order valence-electron chi connectivity index (χ4n) is 4.07. The molecule has 1 atom stereocenters. The summed E-state index contributed by atoms with van der Waals surface area (Å²) in [7, 11) is 1.85. The Balaban J connectivity index is 1.37. The van der Waals surface area contributed by atoms with Gasteiger partial charge in [-0.1, -0.05) is 13.8 Å². The molecule has 0 bridgehead atoms.